The third-order valence-corrected chi connectivity index (χ3v) is 14.5. The summed E-state index contributed by atoms with van der Waals surface area (Å²) in [4.78, 5) is 14.3. The summed E-state index contributed by atoms with van der Waals surface area (Å²) < 4.78 is 63.7. The van der Waals surface area contributed by atoms with Crippen LogP contribution < -0.4 is 0 Å². The molecule has 0 aromatic carbocycles. The summed E-state index contributed by atoms with van der Waals surface area (Å²) in [7, 11) is 3.22. The molecule has 7 rings (SSSR count). The van der Waals surface area contributed by atoms with Crippen molar-refractivity contribution in [2.24, 2.45) is 23.7 Å². The van der Waals surface area contributed by atoms with Gasteiger partial charge in [0.15, 0.2) is 18.4 Å². The predicted molar refractivity (Wildman–Crippen MR) is 227 cm³/mol. The second-order valence-electron chi connectivity index (χ2n) is 19.0. The van der Waals surface area contributed by atoms with Gasteiger partial charge in [-0.15, -0.1) is 0 Å². The van der Waals surface area contributed by atoms with Gasteiger partial charge in [-0.2, -0.15) is 0 Å². The van der Waals surface area contributed by atoms with Crippen LogP contribution in [0.1, 0.15) is 93.9 Å². The van der Waals surface area contributed by atoms with E-state index in [2.05, 4.69) is 39.8 Å². The van der Waals surface area contributed by atoms with Gasteiger partial charge in [-0.3, -0.25) is 4.79 Å². The fraction of sp³-hybridized carbons (Fsp3) is 0.771. The highest BCUT2D eigenvalue weighted by Crippen LogP contribution is 2.47. The Morgan fingerprint density at radius 2 is 1.60 bits per heavy atom. The number of fused-ring (bicyclic) bond motifs is 2. The van der Waals surface area contributed by atoms with E-state index in [9.17, 15) is 20.1 Å². The Balaban J connectivity index is 1.18. The van der Waals surface area contributed by atoms with Crippen molar-refractivity contribution in [1.29, 1.82) is 0 Å². The first-order valence-electron chi connectivity index (χ1n) is 22.9. The molecule has 4 saturated heterocycles. The largest absolute Gasteiger partial charge is 0.462 e. The van der Waals surface area contributed by atoms with Crippen LogP contribution in [0.15, 0.2) is 59.3 Å². The van der Waals surface area contributed by atoms with E-state index in [1.165, 1.54) is 0 Å². The lowest BCUT2D eigenvalue weighted by Crippen LogP contribution is -2.58. The number of ether oxygens (including phenoxy) is 10. The monoisotopic (exact) mass is 872 g/mol. The third-order valence-electron chi connectivity index (χ3n) is 14.5. The summed E-state index contributed by atoms with van der Waals surface area (Å²) >= 11 is 0. The molecule has 2 unspecified atom stereocenters. The Bertz CT molecular complexity index is 1730. The van der Waals surface area contributed by atoms with E-state index in [0.717, 1.165) is 12.0 Å². The first-order chi connectivity index (χ1) is 29.5. The smallest absolute Gasteiger partial charge is 0.316 e. The van der Waals surface area contributed by atoms with Gasteiger partial charge in [0.2, 0.25) is 0 Å². The lowest BCUT2D eigenvalue weighted by molar-refractivity contribution is -0.318. The molecule has 62 heavy (non-hydrogen) atoms. The molecule has 3 N–H and O–H groups in total. The van der Waals surface area contributed by atoms with Gasteiger partial charge in [0, 0.05) is 51.7 Å². The Morgan fingerprint density at radius 3 is 2.32 bits per heavy atom. The van der Waals surface area contributed by atoms with Crippen LogP contribution in [0, 0.1) is 23.7 Å². The van der Waals surface area contributed by atoms with Gasteiger partial charge >= 0.3 is 5.97 Å². The van der Waals surface area contributed by atoms with E-state index in [1.54, 1.807) is 40.2 Å². The molecule has 0 aromatic rings. The van der Waals surface area contributed by atoms with Crippen LogP contribution in [-0.4, -0.2) is 139 Å². The molecule has 6 aliphatic heterocycles. The molecule has 7 aliphatic rings. The van der Waals surface area contributed by atoms with Crippen molar-refractivity contribution in [2.45, 2.75) is 191 Å². The number of hydrogen-bond donors (Lipinski definition) is 3. The summed E-state index contributed by atoms with van der Waals surface area (Å²) in [5, 5.41) is 34.2. The van der Waals surface area contributed by atoms with Gasteiger partial charge in [-0.1, -0.05) is 70.6 Å². The van der Waals surface area contributed by atoms with Gasteiger partial charge in [-0.05, 0) is 62.8 Å². The minimum Gasteiger partial charge on any atom is -0.462 e. The zero-order valence-electron chi connectivity index (χ0n) is 38.2. The van der Waals surface area contributed by atoms with Crippen LogP contribution in [0.2, 0.25) is 0 Å². The number of allylic oxidation sites excluding steroid dienone is 2. The molecule has 14 nitrogen and oxygen atoms in total. The van der Waals surface area contributed by atoms with Crippen LogP contribution >= 0.6 is 0 Å². The lowest BCUT2D eigenvalue weighted by Gasteiger charge is -2.48. The molecule has 4 fully saturated rings. The summed E-state index contributed by atoms with van der Waals surface area (Å²) in [5.74, 6) is -2.56. The number of carbonyl (C=O) groups is 1. The Kier molecular flexibility index (Phi) is 15.1. The van der Waals surface area contributed by atoms with E-state index in [1.807, 2.05) is 32.1 Å². The number of carbonyl (C=O) groups excluding carboxylic acids is 1. The first-order valence-corrected chi connectivity index (χ1v) is 22.9. The third kappa shape index (κ3) is 9.64. The highest BCUT2D eigenvalue weighted by Gasteiger charge is 2.60. The van der Waals surface area contributed by atoms with Gasteiger partial charge in [-0.25, -0.2) is 0 Å². The molecule has 0 radical (unpaired) electrons. The highest BCUT2D eigenvalue weighted by molar-refractivity contribution is 5.78. The molecule has 0 amide bonds. The van der Waals surface area contributed by atoms with Gasteiger partial charge in [0.05, 0.1) is 49.3 Å². The molecule has 0 saturated carbocycles. The van der Waals surface area contributed by atoms with Crippen molar-refractivity contribution >= 4 is 5.97 Å². The van der Waals surface area contributed by atoms with Crippen LogP contribution in [0.3, 0.4) is 0 Å². The maximum absolute atomic E-state index is 14.3. The van der Waals surface area contributed by atoms with Crippen LogP contribution in [0.5, 0.6) is 0 Å². The number of aliphatic hydroxyl groups is 3. The van der Waals surface area contributed by atoms with Crippen molar-refractivity contribution in [1.82, 2.24) is 0 Å². The summed E-state index contributed by atoms with van der Waals surface area (Å²) in [6.45, 7) is 16.1. The zero-order chi connectivity index (χ0) is 44.7. The topological polar surface area (TPSA) is 170 Å². The Labute approximate surface area is 367 Å². The molecule has 20 atom stereocenters. The summed E-state index contributed by atoms with van der Waals surface area (Å²) in [6.07, 6.45) is 8.55. The molecule has 348 valence electrons. The number of methoxy groups -OCH3 is 2. The number of aliphatic hydroxyl groups excluding tert-OH is 2. The van der Waals surface area contributed by atoms with Crippen LogP contribution in [0.4, 0.5) is 0 Å². The number of rotatable bonds is 8. The summed E-state index contributed by atoms with van der Waals surface area (Å²) in [6, 6.07) is 0. The quantitative estimate of drug-likeness (QED) is 0.210. The molecule has 14 heteroatoms. The SMILES string of the molecule is CCC(C)C1O[C@]2(C=C[C@@H]1C)C[C@@H]1C[C@@H](C/C=C(\C)[C@@H](O[C@H]3C[C@H](OC)[C@@H](O[C@H]4C[C@H](OC)[C@@H](O)[C@H](C)O4)[C@H](C)O3)[C@@H](C)/C=C/C=C3\CO[C@@H]4[C@H](O)C(C)=C[C@@H](C(=O)O1)[C@]34O)O2. The van der Waals surface area contributed by atoms with Crippen molar-refractivity contribution in [2.75, 3.05) is 20.8 Å². The lowest BCUT2D eigenvalue weighted by atomic mass is 9.71. The standard InChI is InChI=1S/C48H72O14/c1-11-25(2)43-28(5)17-18-47(62-43)23-34-20-33(61-47)16-15-27(4)42(26(3)13-12-14-32-24-55-45-40(49)29(6)19-35(46(51)58-34)48(32,45)52)59-39-22-37(54-10)44(31(8)57-39)60-38-21-36(53-9)41(50)30(7)56-38/h12-15,17-19,25-26,28,30-31,33-45,49-50,52H,11,16,20-24H2,1-10H3/b13-12+,27-15+,32-14+/t25?,26-,28-,30-,31-,33+,34-,35-,36-,37-,38-,39-,40+,41-,42-,43?,44-,45+,47+,48+/m0/s1. The number of esters is 1. The van der Waals surface area contributed by atoms with E-state index < -0.39 is 90.8 Å². The second-order valence-corrected chi connectivity index (χ2v) is 19.0. The normalized spacial score (nSPS) is 49.1. The molecular weight excluding hydrogens is 801 g/mol. The molecule has 6 heterocycles. The van der Waals surface area contributed by atoms with Crippen LogP contribution in [-0.2, 0) is 52.2 Å². The second kappa shape index (κ2) is 19.7. The van der Waals surface area contributed by atoms with Gasteiger partial charge in [0.1, 0.15) is 42.0 Å². The van der Waals surface area contributed by atoms with Gasteiger partial charge < -0.3 is 62.7 Å². The Hall–Kier alpha value is -2.31. The molecule has 1 aliphatic carbocycles. The Morgan fingerprint density at radius 1 is 0.887 bits per heavy atom. The molecule has 2 bridgehead atoms. The van der Waals surface area contributed by atoms with Crippen molar-refractivity contribution < 1.29 is 67.5 Å². The van der Waals surface area contributed by atoms with Crippen molar-refractivity contribution in [3.63, 3.8) is 0 Å². The first kappa shape index (κ1) is 47.6. The molecule has 1 spiro atoms. The van der Waals surface area contributed by atoms with Crippen molar-refractivity contribution in [3.05, 3.63) is 59.3 Å². The maximum Gasteiger partial charge on any atom is 0.316 e. The predicted octanol–water partition coefficient (Wildman–Crippen LogP) is 5.38. The fourth-order valence-corrected chi connectivity index (χ4v) is 10.6. The minimum atomic E-state index is -1.84. The van der Waals surface area contributed by atoms with Gasteiger partial charge in [0.25, 0.3) is 0 Å². The average molecular weight is 873 g/mol. The van der Waals surface area contributed by atoms with Crippen LogP contribution in [0.25, 0.3) is 0 Å². The molecule has 0 aromatic heterocycles. The maximum atomic E-state index is 14.3. The average Bonchev–Trinajstić information content (AvgIpc) is 3.58. The minimum absolute atomic E-state index is 0.0317. The van der Waals surface area contributed by atoms with E-state index in [4.69, 9.17) is 47.4 Å². The fourth-order valence-electron chi connectivity index (χ4n) is 10.6. The highest BCUT2D eigenvalue weighted by atomic mass is 16.7. The summed E-state index contributed by atoms with van der Waals surface area (Å²) in [5.41, 5.74) is 0.134. The zero-order valence-corrected chi connectivity index (χ0v) is 38.2. The van der Waals surface area contributed by atoms with Crippen molar-refractivity contribution in [3.8, 4) is 0 Å². The van der Waals surface area contributed by atoms with E-state index >= 15 is 0 Å². The van der Waals surface area contributed by atoms with E-state index in [-0.39, 0.29) is 42.7 Å². The van der Waals surface area contributed by atoms with E-state index in [0.29, 0.717) is 43.3 Å². The number of hydrogen-bond acceptors (Lipinski definition) is 14. The molecular formula is C48H72O14.